The summed E-state index contributed by atoms with van der Waals surface area (Å²) in [6.07, 6.45) is 0.520. The Morgan fingerprint density at radius 2 is 1.30 bits per heavy atom. The van der Waals surface area contributed by atoms with E-state index >= 15 is 0 Å². The van der Waals surface area contributed by atoms with E-state index in [4.69, 9.17) is 23.7 Å². The Bertz CT molecular complexity index is 1640. The molecule has 0 atom stereocenters. The number of carbonyl (C=O) groups excluding carboxylic acids is 1. The molecular formula is C30H29NO9. The number of benzene rings is 3. The third-order valence-electron chi connectivity index (χ3n) is 7.15. The van der Waals surface area contributed by atoms with Crippen LogP contribution in [0, 0.1) is 0 Å². The first kappa shape index (κ1) is 26.6. The van der Waals surface area contributed by atoms with E-state index in [1.165, 1.54) is 47.7 Å². The van der Waals surface area contributed by atoms with Gasteiger partial charge in [-0.05, 0) is 47.9 Å². The van der Waals surface area contributed by atoms with E-state index in [9.17, 15) is 20.1 Å². The van der Waals surface area contributed by atoms with Crippen LogP contribution in [0.3, 0.4) is 0 Å². The van der Waals surface area contributed by atoms with E-state index in [1.807, 2.05) is 4.57 Å². The summed E-state index contributed by atoms with van der Waals surface area (Å²) in [6.45, 7) is 0.401. The third kappa shape index (κ3) is 4.08. The first-order chi connectivity index (χ1) is 19.3. The molecule has 0 unspecified atom stereocenters. The van der Waals surface area contributed by atoms with Crippen molar-refractivity contribution in [1.82, 2.24) is 4.57 Å². The minimum atomic E-state index is -0.587. The van der Waals surface area contributed by atoms with Gasteiger partial charge in [-0.3, -0.25) is 0 Å². The van der Waals surface area contributed by atoms with Crippen LogP contribution in [0.25, 0.3) is 33.5 Å². The maximum Gasteiger partial charge on any atom is 0.355 e. The molecule has 0 aliphatic carbocycles. The Balaban J connectivity index is 2.00. The average molecular weight is 548 g/mol. The zero-order valence-electron chi connectivity index (χ0n) is 22.7. The summed E-state index contributed by atoms with van der Waals surface area (Å²) in [7, 11) is 7.12. The van der Waals surface area contributed by atoms with Crippen molar-refractivity contribution in [3.05, 3.63) is 53.7 Å². The van der Waals surface area contributed by atoms with E-state index in [0.29, 0.717) is 46.7 Å². The van der Waals surface area contributed by atoms with Crippen LogP contribution in [-0.4, -0.2) is 61.4 Å². The number of fused-ring (bicyclic) bond motifs is 3. The number of aromatic nitrogens is 1. The molecule has 4 aromatic rings. The first-order valence-corrected chi connectivity index (χ1v) is 12.4. The standard InChI is InChI=1S/C30H29NO9/c1-36-22-14-21(34)25(39-4)13-18(22)27-26(16-6-7-19(32)23(11-16)37-2)28-17-12-24(38-3)20(33)10-15(17)8-9-31(28)29(27)30(35)40-5/h6-7,10-14,32-34H,8-9H2,1-5H3. The van der Waals surface area contributed by atoms with Crippen molar-refractivity contribution < 1.29 is 43.8 Å². The number of ether oxygens (including phenoxy) is 5. The van der Waals surface area contributed by atoms with Gasteiger partial charge in [0.25, 0.3) is 0 Å². The number of hydrogen-bond donors (Lipinski definition) is 3. The molecule has 0 saturated heterocycles. The van der Waals surface area contributed by atoms with Crippen LogP contribution >= 0.6 is 0 Å². The van der Waals surface area contributed by atoms with Crippen LogP contribution in [0.15, 0.2) is 42.5 Å². The first-order valence-electron chi connectivity index (χ1n) is 12.4. The number of carbonyl (C=O) groups is 1. The largest absolute Gasteiger partial charge is 0.504 e. The van der Waals surface area contributed by atoms with Crippen LogP contribution in [0.5, 0.6) is 40.2 Å². The molecule has 0 radical (unpaired) electrons. The van der Waals surface area contributed by atoms with E-state index in [1.54, 1.807) is 30.3 Å². The molecule has 208 valence electrons. The second-order valence-electron chi connectivity index (χ2n) is 9.13. The number of phenols is 3. The fourth-order valence-corrected chi connectivity index (χ4v) is 5.32. The van der Waals surface area contributed by atoms with E-state index in [2.05, 4.69) is 0 Å². The molecule has 10 heteroatoms. The molecule has 1 aromatic heterocycles. The quantitative estimate of drug-likeness (QED) is 0.274. The zero-order valence-corrected chi connectivity index (χ0v) is 22.7. The molecule has 0 spiro atoms. The smallest absolute Gasteiger partial charge is 0.355 e. The molecule has 0 fully saturated rings. The fourth-order valence-electron chi connectivity index (χ4n) is 5.32. The summed E-state index contributed by atoms with van der Waals surface area (Å²) >= 11 is 0. The summed E-state index contributed by atoms with van der Waals surface area (Å²) < 4.78 is 29.0. The van der Waals surface area contributed by atoms with Crippen molar-refractivity contribution in [2.75, 3.05) is 35.5 Å². The maximum atomic E-state index is 13.5. The van der Waals surface area contributed by atoms with Crippen LogP contribution in [0.4, 0.5) is 0 Å². The van der Waals surface area contributed by atoms with Gasteiger partial charge in [-0.1, -0.05) is 6.07 Å². The molecule has 1 aliphatic heterocycles. The molecule has 0 bridgehead atoms. The van der Waals surface area contributed by atoms with Crippen molar-refractivity contribution in [3.63, 3.8) is 0 Å². The highest BCUT2D eigenvalue weighted by atomic mass is 16.5. The molecule has 3 aromatic carbocycles. The number of methoxy groups -OCH3 is 5. The molecule has 3 N–H and O–H groups in total. The molecular weight excluding hydrogens is 518 g/mol. The van der Waals surface area contributed by atoms with Crippen molar-refractivity contribution >= 4 is 5.97 Å². The Labute approximate surface area is 230 Å². The predicted molar refractivity (Wildman–Crippen MR) is 147 cm³/mol. The lowest BCUT2D eigenvalue weighted by molar-refractivity contribution is 0.0589. The monoisotopic (exact) mass is 547 g/mol. The van der Waals surface area contributed by atoms with Gasteiger partial charge in [0.05, 0.1) is 41.2 Å². The van der Waals surface area contributed by atoms with E-state index in [-0.39, 0.29) is 40.2 Å². The van der Waals surface area contributed by atoms with Gasteiger partial charge in [0.15, 0.2) is 34.5 Å². The highest BCUT2D eigenvalue weighted by molar-refractivity contribution is 6.08. The Hall–Kier alpha value is -4.99. The van der Waals surface area contributed by atoms with Gasteiger partial charge in [-0.2, -0.15) is 0 Å². The number of phenolic OH excluding ortho intramolecular Hbond substituents is 3. The van der Waals surface area contributed by atoms with Crippen LogP contribution in [0.2, 0.25) is 0 Å². The SMILES string of the molecule is COC(=O)c1c(-c2cc(OC)c(O)cc2OC)c(-c2ccc(O)c(OC)c2)c2n1CCc1cc(O)c(OC)cc1-2. The van der Waals surface area contributed by atoms with E-state index in [0.717, 1.165) is 11.1 Å². The minimum absolute atomic E-state index is 0.00691. The van der Waals surface area contributed by atoms with Crippen molar-refractivity contribution in [1.29, 1.82) is 0 Å². The molecule has 2 heterocycles. The van der Waals surface area contributed by atoms with Crippen LogP contribution in [0.1, 0.15) is 16.1 Å². The predicted octanol–water partition coefficient (Wildman–Crippen LogP) is 4.98. The van der Waals surface area contributed by atoms with Gasteiger partial charge < -0.3 is 43.6 Å². The number of hydrogen-bond acceptors (Lipinski definition) is 9. The average Bonchev–Trinajstić information content (AvgIpc) is 3.31. The molecule has 5 rings (SSSR count). The lowest BCUT2D eigenvalue weighted by Crippen LogP contribution is -2.17. The van der Waals surface area contributed by atoms with Crippen molar-refractivity contribution in [3.8, 4) is 73.8 Å². The summed E-state index contributed by atoms with van der Waals surface area (Å²) in [4.78, 5) is 13.5. The highest BCUT2D eigenvalue weighted by Gasteiger charge is 2.35. The molecule has 1 aliphatic rings. The lowest BCUT2D eigenvalue weighted by atomic mass is 9.89. The zero-order chi connectivity index (χ0) is 28.7. The van der Waals surface area contributed by atoms with Gasteiger partial charge in [0.2, 0.25) is 0 Å². The van der Waals surface area contributed by atoms with Crippen LogP contribution in [-0.2, 0) is 17.7 Å². The minimum Gasteiger partial charge on any atom is -0.504 e. The van der Waals surface area contributed by atoms with Crippen molar-refractivity contribution in [2.45, 2.75) is 13.0 Å². The van der Waals surface area contributed by atoms with Gasteiger partial charge in [-0.25, -0.2) is 4.79 Å². The fraction of sp³-hybridized carbons (Fsp3) is 0.233. The topological polar surface area (TPSA) is 129 Å². The third-order valence-corrected chi connectivity index (χ3v) is 7.15. The van der Waals surface area contributed by atoms with Gasteiger partial charge >= 0.3 is 5.97 Å². The lowest BCUT2D eigenvalue weighted by Gasteiger charge is -2.23. The number of aryl methyl sites for hydroxylation is 1. The van der Waals surface area contributed by atoms with Gasteiger partial charge in [0, 0.05) is 34.9 Å². The van der Waals surface area contributed by atoms with E-state index < -0.39 is 5.97 Å². The van der Waals surface area contributed by atoms with Gasteiger partial charge in [0.1, 0.15) is 11.4 Å². The summed E-state index contributed by atoms with van der Waals surface area (Å²) in [5.41, 5.74) is 4.67. The molecule has 0 amide bonds. The highest BCUT2D eigenvalue weighted by Crippen LogP contribution is 2.53. The maximum absolute atomic E-state index is 13.5. The second kappa shape index (κ2) is 10.3. The normalized spacial score (nSPS) is 11.8. The molecule has 10 nitrogen and oxygen atoms in total. The number of rotatable bonds is 7. The molecule has 40 heavy (non-hydrogen) atoms. The number of nitrogens with zero attached hydrogens (tertiary/aromatic N) is 1. The Morgan fingerprint density at radius 3 is 1.93 bits per heavy atom. The molecule has 0 saturated carbocycles. The Kier molecular flexibility index (Phi) is 6.85. The summed E-state index contributed by atoms with van der Waals surface area (Å²) in [5, 5.41) is 31.4. The number of esters is 1. The number of aromatic hydroxyl groups is 3. The summed E-state index contributed by atoms with van der Waals surface area (Å²) in [6, 6.07) is 11.3. The Morgan fingerprint density at radius 1 is 0.700 bits per heavy atom. The summed E-state index contributed by atoms with van der Waals surface area (Å²) in [5.74, 6) is 0.211. The second-order valence-corrected chi connectivity index (χ2v) is 9.13. The van der Waals surface area contributed by atoms with Crippen LogP contribution < -0.4 is 18.9 Å². The van der Waals surface area contributed by atoms with Gasteiger partial charge in [-0.15, -0.1) is 0 Å². The van der Waals surface area contributed by atoms with Crippen molar-refractivity contribution in [2.24, 2.45) is 0 Å².